The van der Waals surface area contributed by atoms with Gasteiger partial charge in [-0.25, -0.2) is 0 Å². The number of hydrogen-bond donors (Lipinski definition) is 1. The fourth-order valence-electron chi connectivity index (χ4n) is 4.45. The quantitative estimate of drug-likeness (QED) is 0.367. The highest BCUT2D eigenvalue weighted by Gasteiger charge is 2.26. The standard InChI is InChI=1S/C20H40N4.HI/c1-16(2)11-18-8-10-24(15-18)20(21-5)22-12-19-7-6-9-23(14-19)13-17(3)4;/h16-19H,6-15H2,1-5H3,(H,21,22);1H. The molecule has 0 aliphatic carbocycles. The topological polar surface area (TPSA) is 30.9 Å². The molecule has 2 rings (SSSR count). The predicted octanol–water partition coefficient (Wildman–Crippen LogP) is 3.92. The zero-order valence-electron chi connectivity index (χ0n) is 17.1. The number of rotatable bonds is 6. The molecule has 0 bridgehead atoms. The summed E-state index contributed by atoms with van der Waals surface area (Å²) in [6.07, 6.45) is 5.37. The highest BCUT2D eigenvalue weighted by molar-refractivity contribution is 14.0. The zero-order chi connectivity index (χ0) is 17.5. The average Bonchev–Trinajstić information content (AvgIpc) is 2.95. The first kappa shape index (κ1) is 23.0. The first-order chi connectivity index (χ1) is 11.5. The van der Waals surface area contributed by atoms with E-state index >= 15 is 0 Å². The van der Waals surface area contributed by atoms with Crippen LogP contribution in [0.15, 0.2) is 4.99 Å². The summed E-state index contributed by atoms with van der Waals surface area (Å²) in [4.78, 5) is 9.68. The van der Waals surface area contributed by atoms with Crippen molar-refractivity contribution in [1.82, 2.24) is 15.1 Å². The lowest BCUT2D eigenvalue weighted by Crippen LogP contribution is -2.46. The van der Waals surface area contributed by atoms with Crippen molar-refractivity contribution in [1.29, 1.82) is 0 Å². The Morgan fingerprint density at radius 2 is 1.80 bits per heavy atom. The van der Waals surface area contributed by atoms with E-state index in [4.69, 9.17) is 0 Å². The largest absolute Gasteiger partial charge is 0.356 e. The van der Waals surface area contributed by atoms with Gasteiger partial charge in [-0.05, 0) is 55.9 Å². The Labute approximate surface area is 173 Å². The third-order valence-electron chi connectivity index (χ3n) is 5.38. The van der Waals surface area contributed by atoms with Crippen molar-refractivity contribution >= 4 is 29.9 Å². The second kappa shape index (κ2) is 11.6. The van der Waals surface area contributed by atoms with Gasteiger partial charge in [0.1, 0.15) is 0 Å². The molecule has 2 atom stereocenters. The van der Waals surface area contributed by atoms with Crippen molar-refractivity contribution < 1.29 is 0 Å². The Morgan fingerprint density at radius 1 is 1.04 bits per heavy atom. The molecule has 1 N–H and O–H groups in total. The second-order valence-corrected chi connectivity index (χ2v) is 8.82. The number of nitrogens with zero attached hydrogens (tertiary/aromatic N) is 3. The second-order valence-electron chi connectivity index (χ2n) is 8.82. The van der Waals surface area contributed by atoms with Crippen LogP contribution in [0.1, 0.15) is 53.4 Å². The lowest BCUT2D eigenvalue weighted by atomic mass is 9.97. The molecule has 0 spiro atoms. The Bertz CT molecular complexity index is 397. The monoisotopic (exact) mass is 464 g/mol. The summed E-state index contributed by atoms with van der Waals surface area (Å²) < 4.78 is 0. The maximum atomic E-state index is 4.55. The number of halogens is 1. The molecule has 2 aliphatic rings. The first-order valence-electron chi connectivity index (χ1n) is 10.2. The van der Waals surface area contributed by atoms with Crippen LogP contribution >= 0.6 is 24.0 Å². The molecule has 4 nitrogen and oxygen atoms in total. The highest BCUT2D eigenvalue weighted by atomic mass is 127. The van der Waals surface area contributed by atoms with E-state index in [9.17, 15) is 0 Å². The number of guanidine groups is 1. The number of hydrogen-bond acceptors (Lipinski definition) is 2. The molecule has 2 saturated heterocycles. The Balaban J connectivity index is 0.00000312. The summed E-state index contributed by atoms with van der Waals surface area (Å²) in [5.74, 6) is 4.32. The molecule has 0 saturated carbocycles. The van der Waals surface area contributed by atoms with Gasteiger partial charge in [-0.3, -0.25) is 4.99 Å². The van der Waals surface area contributed by atoms with Crippen LogP contribution < -0.4 is 5.32 Å². The lowest BCUT2D eigenvalue weighted by molar-refractivity contribution is 0.159. The van der Waals surface area contributed by atoms with Gasteiger partial charge in [0.25, 0.3) is 0 Å². The molecule has 25 heavy (non-hydrogen) atoms. The predicted molar refractivity (Wildman–Crippen MR) is 120 cm³/mol. The van der Waals surface area contributed by atoms with Crippen LogP contribution in [-0.2, 0) is 0 Å². The van der Waals surface area contributed by atoms with Gasteiger partial charge in [-0.1, -0.05) is 27.7 Å². The molecule has 5 heteroatoms. The van der Waals surface area contributed by atoms with Crippen LogP contribution in [0, 0.1) is 23.7 Å². The van der Waals surface area contributed by atoms with E-state index in [0.717, 1.165) is 36.2 Å². The van der Waals surface area contributed by atoms with E-state index < -0.39 is 0 Å². The molecule has 0 aromatic carbocycles. The normalized spacial score (nSPS) is 25.6. The molecule has 2 fully saturated rings. The van der Waals surface area contributed by atoms with Crippen molar-refractivity contribution in [3.8, 4) is 0 Å². The van der Waals surface area contributed by atoms with E-state index in [1.54, 1.807) is 0 Å². The minimum Gasteiger partial charge on any atom is -0.356 e. The maximum Gasteiger partial charge on any atom is 0.193 e. The van der Waals surface area contributed by atoms with Crippen molar-refractivity contribution in [2.75, 3.05) is 46.3 Å². The Morgan fingerprint density at radius 3 is 2.44 bits per heavy atom. The SMILES string of the molecule is CN=C(NCC1CCCN(CC(C)C)C1)N1CCC(CC(C)C)C1.I. The van der Waals surface area contributed by atoms with Crippen LogP contribution in [-0.4, -0.2) is 62.1 Å². The summed E-state index contributed by atoms with van der Waals surface area (Å²) in [5.41, 5.74) is 0. The maximum absolute atomic E-state index is 4.55. The van der Waals surface area contributed by atoms with Crippen molar-refractivity contribution in [2.45, 2.75) is 53.4 Å². The number of piperidine rings is 1. The van der Waals surface area contributed by atoms with Gasteiger partial charge < -0.3 is 15.1 Å². The number of aliphatic imine (C=N–C) groups is 1. The summed E-state index contributed by atoms with van der Waals surface area (Å²) in [5, 5.41) is 3.68. The third-order valence-corrected chi connectivity index (χ3v) is 5.38. The number of likely N-dealkylation sites (tertiary alicyclic amines) is 2. The van der Waals surface area contributed by atoms with Gasteiger partial charge in [-0.15, -0.1) is 24.0 Å². The molecule has 0 amide bonds. The third kappa shape index (κ3) is 8.02. The minimum absolute atomic E-state index is 0. The first-order valence-corrected chi connectivity index (χ1v) is 10.2. The Hall–Kier alpha value is -0.0400. The van der Waals surface area contributed by atoms with E-state index in [2.05, 4.69) is 47.8 Å². The average molecular weight is 464 g/mol. The summed E-state index contributed by atoms with van der Waals surface area (Å²) in [6.45, 7) is 16.5. The van der Waals surface area contributed by atoms with Gasteiger partial charge in [0.05, 0.1) is 0 Å². The van der Waals surface area contributed by atoms with Crippen LogP contribution in [0.25, 0.3) is 0 Å². The molecular formula is C20H41IN4. The highest BCUT2D eigenvalue weighted by Crippen LogP contribution is 2.23. The van der Waals surface area contributed by atoms with Crippen molar-refractivity contribution in [3.63, 3.8) is 0 Å². The fraction of sp³-hybridized carbons (Fsp3) is 0.950. The number of nitrogens with one attached hydrogen (secondary N) is 1. The molecule has 0 aromatic heterocycles. The van der Waals surface area contributed by atoms with E-state index in [0.29, 0.717) is 0 Å². The van der Waals surface area contributed by atoms with E-state index in [-0.39, 0.29) is 24.0 Å². The van der Waals surface area contributed by atoms with E-state index in [1.165, 1.54) is 58.4 Å². The summed E-state index contributed by atoms with van der Waals surface area (Å²) >= 11 is 0. The molecule has 2 unspecified atom stereocenters. The van der Waals surface area contributed by atoms with Crippen LogP contribution in [0.5, 0.6) is 0 Å². The van der Waals surface area contributed by atoms with Gasteiger partial charge in [0.15, 0.2) is 5.96 Å². The molecule has 2 aliphatic heterocycles. The lowest BCUT2D eigenvalue weighted by Gasteiger charge is -2.34. The molecule has 2 heterocycles. The molecule has 148 valence electrons. The van der Waals surface area contributed by atoms with Gasteiger partial charge >= 0.3 is 0 Å². The van der Waals surface area contributed by atoms with Gasteiger partial charge in [0.2, 0.25) is 0 Å². The molecule has 0 radical (unpaired) electrons. The molecule has 0 aromatic rings. The summed E-state index contributed by atoms with van der Waals surface area (Å²) in [7, 11) is 1.93. The van der Waals surface area contributed by atoms with Crippen molar-refractivity contribution in [2.24, 2.45) is 28.7 Å². The zero-order valence-corrected chi connectivity index (χ0v) is 19.5. The fourth-order valence-corrected chi connectivity index (χ4v) is 4.45. The van der Waals surface area contributed by atoms with Gasteiger partial charge in [0, 0.05) is 39.8 Å². The van der Waals surface area contributed by atoms with Crippen LogP contribution in [0.3, 0.4) is 0 Å². The Kier molecular flexibility index (Phi) is 10.7. The smallest absolute Gasteiger partial charge is 0.193 e. The summed E-state index contributed by atoms with van der Waals surface area (Å²) in [6, 6.07) is 0. The molecular weight excluding hydrogens is 423 g/mol. The van der Waals surface area contributed by atoms with Crippen LogP contribution in [0.4, 0.5) is 0 Å². The van der Waals surface area contributed by atoms with Gasteiger partial charge in [-0.2, -0.15) is 0 Å². The minimum atomic E-state index is 0. The van der Waals surface area contributed by atoms with Crippen molar-refractivity contribution in [3.05, 3.63) is 0 Å². The van der Waals surface area contributed by atoms with E-state index in [1.807, 2.05) is 7.05 Å². The van der Waals surface area contributed by atoms with Crippen LogP contribution in [0.2, 0.25) is 0 Å².